The van der Waals surface area contributed by atoms with E-state index in [9.17, 15) is 62.6 Å². The number of hydrogen-bond acceptors (Lipinski definition) is 21. The topological polar surface area (TPSA) is 630 Å². The average Bonchev–Trinajstić information content (AvgIpc) is 1.58. The van der Waals surface area contributed by atoms with Crippen molar-refractivity contribution in [3.8, 4) is 0 Å². The smallest absolute Gasteiger partial charge is 0.246 e. The fraction of sp³-hybridized carbons (Fsp3) is 0.511. The van der Waals surface area contributed by atoms with E-state index >= 15 is 24.0 Å². The number of thioether (sulfide) groups is 1. The van der Waals surface area contributed by atoms with Crippen LogP contribution in [0.5, 0.6) is 0 Å². The summed E-state index contributed by atoms with van der Waals surface area (Å²) in [7, 11) is 3.99. The first-order valence-electron chi connectivity index (χ1n) is 43.8. The number of aliphatic hydroxyl groups excluding tert-OH is 1. The summed E-state index contributed by atoms with van der Waals surface area (Å²) in [5.74, 6) is -17.3. The number of amides is 17. The highest BCUT2D eigenvalue weighted by molar-refractivity contribution is 8.00. The van der Waals surface area contributed by atoms with Crippen LogP contribution < -0.4 is 81.0 Å². The Morgan fingerprint density at radius 2 is 1.08 bits per heavy atom. The van der Waals surface area contributed by atoms with Crippen LogP contribution in [-0.4, -0.2) is 295 Å². The minimum absolute atomic E-state index is 0.00118. The number of likely N-dealkylation sites (N-methyl/N-ethyl adjacent to an activating group) is 3. The lowest BCUT2D eigenvalue weighted by molar-refractivity contribution is -0.149. The number of nitrogens with zero attached hydrogens (tertiary/aromatic N) is 5. The summed E-state index contributed by atoms with van der Waals surface area (Å²) in [4.78, 5) is 265. The molecule has 2 saturated heterocycles. The van der Waals surface area contributed by atoms with Crippen LogP contribution in [-0.2, 0) is 107 Å². The lowest BCUT2D eigenvalue weighted by atomic mass is 10.00. The van der Waals surface area contributed by atoms with Crippen molar-refractivity contribution >= 4 is 140 Å². The molecule has 3 aromatic carbocycles. The Kier molecular flexibility index (Phi) is 39.6. The zero-order valence-corrected chi connectivity index (χ0v) is 75.7. The highest BCUT2D eigenvalue weighted by atomic mass is 32.2. The molecule has 23 N–H and O–H groups in total. The quantitative estimate of drug-likeness (QED) is 0.0152. The zero-order valence-electron chi connectivity index (χ0n) is 74.9. The predicted octanol–water partition coefficient (Wildman–Crippen LogP) is -2.48. The van der Waals surface area contributed by atoms with E-state index in [1.165, 1.54) is 40.6 Å². The Morgan fingerprint density at radius 3 is 1.69 bits per heavy atom. The van der Waals surface area contributed by atoms with Crippen LogP contribution >= 0.6 is 11.8 Å². The number of imidazole rings is 1. The Labute approximate surface area is 762 Å². The van der Waals surface area contributed by atoms with Gasteiger partial charge in [0.25, 0.3) is 0 Å². The molecule has 17 amide bonds. The third-order valence-corrected chi connectivity index (χ3v) is 23.6. The summed E-state index contributed by atoms with van der Waals surface area (Å²) in [5.41, 5.74) is 20.0. The number of aromatic nitrogens is 4. The maximum Gasteiger partial charge on any atom is 0.246 e. The van der Waals surface area contributed by atoms with Gasteiger partial charge in [0.15, 0.2) is 5.96 Å². The third-order valence-electron chi connectivity index (χ3n) is 22.6. The van der Waals surface area contributed by atoms with Crippen molar-refractivity contribution in [1.29, 1.82) is 5.41 Å². The predicted molar refractivity (Wildman–Crippen MR) is 485 cm³/mol. The zero-order chi connectivity index (χ0) is 95.7. The number of carbonyl (C=O) groups excluding carboxylic acids is 17. The number of para-hydroxylation sites is 2. The molecule has 2 aliphatic heterocycles. The Hall–Kier alpha value is -13.5. The van der Waals surface area contributed by atoms with Crippen molar-refractivity contribution in [3.05, 3.63) is 126 Å². The van der Waals surface area contributed by atoms with E-state index < -0.39 is 223 Å². The summed E-state index contributed by atoms with van der Waals surface area (Å²) >= 11 is 0.787. The average molecular weight is 1840 g/mol. The normalized spacial score (nSPS) is 23.5. The van der Waals surface area contributed by atoms with Gasteiger partial charge in [0.1, 0.15) is 78.5 Å². The van der Waals surface area contributed by atoms with Crippen LogP contribution in [0.15, 0.2) is 104 Å². The van der Waals surface area contributed by atoms with Gasteiger partial charge in [-0.3, -0.25) is 86.9 Å². The number of H-pyrrole nitrogens is 3. The van der Waals surface area contributed by atoms with Gasteiger partial charge in [0, 0.05) is 112 Å². The maximum absolute atomic E-state index is 15.7. The molecule has 0 radical (unpaired) electrons. The second-order valence-electron chi connectivity index (χ2n) is 33.3. The van der Waals surface area contributed by atoms with E-state index in [4.69, 9.17) is 22.6 Å². The molecular weight excluding hydrogens is 1710 g/mol. The van der Waals surface area contributed by atoms with Crippen molar-refractivity contribution in [1.82, 2.24) is 103 Å². The molecular formula is C88H124N24O18S. The Morgan fingerprint density at radius 1 is 0.542 bits per heavy atom. The summed E-state index contributed by atoms with van der Waals surface area (Å²) in [6.07, 6.45) is 5.98. The number of carbonyl (C=O) groups is 17. The fourth-order valence-corrected chi connectivity index (χ4v) is 16.4. The number of hydrogen-bond donors (Lipinski definition) is 20. The van der Waals surface area contributed by atoms with Crippen molar-refractivity contribution in [2.45, 2.75) is 216 Å². The molecule has 0 aliphatic carbocycles. The van der Waals surface area contributed by atoms with Gasteiger partial charge >= 0.3 is 0 Å². The summed E-state index contributed by atoms with van der Waals surface area (Å²) < 4.78 is 0. The minimum Gasteiger partial charge on any atom is -0.394 e. The molecule has 6 aromatic rings. The van der Waals surface area contributed by atoms with Gasteiger partial charge in [-0.05, 0) is 86.6 Å². The second-order valence-corrected chi connectivity index (χ2v) is 34.3. The van der Waals surface area contributed by atoms with Gasteiger partial charge in [0.05, 0.1) is 38.2 Å². The van der Waals surface area contributed by atoms with Gasteiger partial charge < -0.3 is 121 Å². The standard InChI is InChI=1S/C88H124N24O18S/c1-9-11-29-68-82(125)102-59(28-20-32-94-88(91)92)77(120)108-67(76(119)97-43-72(90)115)46-131-47-74(117)101-60(35-51-22-14-13-15-23-51)78(121)99-50(5)75(118)104-65(39-71(89)114)86(129)112-33-21-31-69(112)83(126)103-62(38-54-42-93-48-98-54)80(123)105-63(34-49(3)4)84(127)109(6)44-73(116)100-61(36-52-40-95-57-26-18-16-24-55(52)57)79(122)107-66(45-113)81(124)106-64(37-53-41-96-58-27-19-17-25-56(53)58)85(128)111(8)70(30-12-10-2)87(130)110(68)7/h13-19,22-27,40-42,48-50,59-70,95-96,113H,9-12,20-21,28-39,43-47H2,1-8H3,(H2,89,114)(H2,90,115)(H,93,98)(H,97,119)(H,99,121)(H,100,116)(H,101,117)(H,102,125)(H,103,126)(H,104,118)(H,105,123)(H,106,124)(H,107,122)(H,108,120)(H4,91,92,94)/t50-,59-,60-,61-,62-,63-,64-,65-,66-,67-,68-,69-,70-/m0/s1. The number of rotatable bonds is 26. The van der Waals surface area contributed by atoms with Gasteiger partial charge in [-0.2, -0.15) is 0 Å². The number of benzene rings is 3. The molecule has 43 heteroatoms. The number of unbranched alkanes of at least 4 members (excludes halogenated alkanes) is 2. The molecule has 3 aromatic heterocycles. The van der Waals surface area contributed by atoms with Crippen LogP contribution in [0.2, 0.25) is 0 Å². The van der Waals surface area contributed by atoms with Crippen molar-refractivity contribution in [2.24, 2.45) is 23.1 Å². The summed E-state index contributed by atoms with van der Waals surface area (Å²) in [5, 5.41) is 51.8. The molecule has 5 heterocycles. The van der Waals surface area contributed by atoms with Crippen LogP contribution in [0, 0.1) is 11.3 Å². The summed E-state index contributed by atoms with van der Waals surface area (Å²) in [6.45, 7) is 5.86. The SMILES string of the molecule is CCCC[C@H]1C(=O)N(C)[C@@H](CCCC)C(=O)N[C@@H](CCCNC(=N)N)C(=O)N[C@H](C(=O)NCC(N)=O)CSCC(=O)N[C@@H](Cc2ccccc2)C(=O)N[C@@H](C)C(=O)N[C@@H](CC(N)=O)C(=O)N2CCC[C@H]2C(=O)N[C@@H](Cc2cnc[nH]2)C(=O)N[C@@H](CC(C)C)C(=O)N(C)CC(=O)N[C@@H](Cc2c[nH]c3ccccc23)C(=O)N[C@@H](CO)C(=O)N[C@@H](Cc2c[nH]c3ccccc23)C(=O)N1C. The third kappa shape index (κ3) is 30.6. The molecule has 42 nitrogen and oxygen atoms in total. The van der Waals surface area contributed by atoms with E-state index in [1.54, 1.807) is 105 Å². The maximum atomic E-state index is 15.7. The van der Waals surface area contributed by atoms with Gasteiger partial charge in [0.2, 0.25) is 100 Å². The number of fused-ring (bicyclic) bond motifs is 3. The molecule has 0 unspecified atom stereocenters. The van der Waals surface area contributed by atoms with Gasteiger partial charge in [-0.1, -0.05) is 120 Å². The first-order chi connectivity index (χ1) is 62.5. The number of nitrogens with two attached hydrogens (primary N) is 3. The molecule has 13 atom stereocenters. The fourth-order valence-electron chi connectivity index (χ4n) is 15.6. The minimum atomic E-state index is -1.85. The molecule has 0 bridgehead atoms. The van der Waals surface area contributed by atoms with E-state index in [-0.39, 0.29) is 89.6 Å². The largest absolute Gasteiger partial charge is 0.394 e. The highest BCUT2D eigenvalue weighted by Gasteiger charge is 2.44. The lowest BCUT2D eigenvalue weighted by Gasteiger charge is -2.36. The van der Waals surface area contributed by atoms with Crippen LogP contribution in [0.25, 0.3) is 21.8 Å². The number of aliphatic hydroxyl groups is 1. The number of nitrogens with one attached hydrogen (secondary N) is 16. The number of primary amides is 2. The van der Waals surface area contributed by atoms with Crippen molar-refractivity contribution in [3.63, 3.8) is 0 Å². The van der Waals surface area contributed by atoms with Gasteiger partial charge in [-0.25, -0.2) is 4.98 Å². The Bertz CT molecular complexity index is 5010. The van der Waals surface area contributed by atoms with Gasteiger partial charge in [-0.15, -0.1) is 11.8 Å². The first-order valence-corrected chi connectivity index (χ1v) is 45.0. The second kappa shape index (κ2) is 50.5. The number of guanidine groups is 1. The van der Waals surface area contributed by atoms with E-state index in [2.05, 4.69) is 83.7 Å². The number of aromatic amines is 3. The molecule has 0 saturated carbocycles. The molecule has 131 heavy (non-hydrogen) atoms. The molecule has 8 rings (SSSR count). The van der Waals surface area contributed by atoms with Crippen LogP contribution in [0.1, 0.15) is 134 Å². The van der Waals surface area contributed by atoms with E-state index in [0.717, 1.165) is 31.4 Å². The monoisotopic (exact) mass is 1840 g/mol. The van der Waals surface area contributed by atoms with E-state index in [0.29, 0.717) is 69.9 Å². The molecule has 0 spiro atoms. The van der Waals surface area contributed by atoms with Crippen LogP contribution in [0.4, 0.5) is 0 Å². The Balaban J connectivity index is 1.17. The first kappa shape index (κ1) is 103. The molecule has 2 fully saturated rings. The summed E-state index contributed by atoms with van der Waals surface area (Å²) in [6, 6.07) is 2.78. The lowest BCUT2D eigenvalue weighted by Crippen LogP contribution is -2.61. The van der Waals surface area contributed by atoms with E-state index in [1.807, 2.05) is 13.8 Å². The van der Waals surface area contributed by atoms with Crippen molar-refractivity contribution < 1.29 is 86.6 Å². The molecule has 2 aliphatic rings. The van der Waals surface area contributed by atoms with Crippen LogP contribution in [0.3, 0.4) is 0 Å². The molecule has 710 valence electrons. The van der Waals surface area contributed by atoms with Crippen molar-refractivity contribution in [2.75, 3.05) is 65.4 Å². The highest BCUT2D eigenvalue weighted by Crippen LogP contribution is 2.26.